The van der Waals surface area contributed by atoms with Crippen molar-refractivity contribution in [3.05, 3.63) is 95.9 Å². The van der Waals surface area contributed by atoms with Gasteiger partial charge in [-0.15, -0.1) is 22.7 Å². The van der Waals surface area contributed by atoms with E-state index in [2.05, 4.69) is 82.0 Å². The molecular weight excluding hydrogens is 1340 g/mol. The highest BCUT2D eigenvalue weighted by Gasteiger charge is 2.23. The van der Waals surface area contributed by atoms with Crippen LogP contribution in [-0.2, 0) is 126 Å². The van der Waals surface area contributed by atoms with Crippen LogP contribution < -0.4 is 15.2 Å². The van der Waals surface area contributed by atoms with Crippen molar-refractivity contribution < 1.29 is 18.5 Å². The van der Waals surface area contributed by atoms with Crippen molar-refractivity contribution in [2.75, 3.05) is 20.0 Å². The normalized spacial score (nSPS) is 10.7. The minimum absolute atomic E-state index is 0. The van der Waals surface area contributed by atoms with Crippen LogP contribution in [0.15, 0.2) is 33.3 Å². The Morgan fingerprint density at radius 2 is 1.02 bits per heavy atom. The van der Waals surface area contributed by atoms with Gasteiger partial charge in [-0.25, -0.2) is 29.9 Å². The summed E-state index contributed by atoms with van der Waals surface area (Å²) in [6.07, 6.45) is 0.722. The second kappa shape index (κ2) is 31.0. The summed E-state index contributed by atoms with van der Waals surface area (Å²) in [6.45, 7) is 24.0. The number of nitrogens with two attached hydrogens (primary N) is 1. The molecule has 4 N–H and O–H groups in total. The third-order valence-electron chi connectivity index (χ3n) is 11.7. The number of nitrogens with zero attached hydrogens (tertiary/aromatic N) is 8. The monoisotopic (exact) mass is 1390 g/mol. The Hall–Kier alpha value is -3.57. The first-order chi connectivity index (χ1) is 38.3. The van der Waals surface area contributed by atoms with Crippen molar-refractivity contribution in [3.8, 4) is 33.8 Å². The topological polar surface area (TPSA) is 205 Å². The zero-order valence-electron chi connectivity index (χ0n) is 45.5. The first-order valence-corrected chi connectivity index (χ1v) is 41.8. The van der Waals surface area contributed by atoms with Crippen molar-refractivity contribution >= 4 is 203 Å². The number of hydrogen-bond acceptors (Lipinski definition) is 17. The summed E-state index contributed by atoms with van der Waals surface area (Å²) >= 11 is 19.0. The van der Waals surface area contributed by atoms with Gasteiger partial charge in [0.2, 0.25) is 0 Å². The quantitative estimate of drug-likeness (QED) is 0.121. The SMILES string of the molecule is C.COc1cc2c(cc1-c1c(C)noc1C)[nH]c1nc(C)nc(Cc3sc(C)nc3C(C)C)c12.COc1cc2c(cc1-c1c(C)noc1C)[nH]c1nc(C)nc(Cl)c12.Cc1nc(C(C)C)c(N)s1.S=S=S=S=S=S=S=S=S=S=S=S=S. The van der Waals surface area contributed by atoms with Gasteiger partial charge < -0.3 is 34.2 Å². The lowest BCUT2D eigenvalue weighted by Gasteiger charge is -2.10. The molecule has 434 valence electrons. The molecule has 8 heterocycles. The number of rotatable bonds is 8. The Kier molecular flexibility index (Phi) is 25.5. The molecule has 0 bridgehead atoms. The van der Waals surface area contributed by atoms with Crippen molar-refractivity contribution in [2.24, 2.45) is 0 Å². The molecule has 0 radical (unpaired) electrons. The van der Waals surface area contributed by atoms with E-state index in [0.717, 1.165) is 139 Å². The van der Waals surface area contributed by atoms with Crippen molar-refractivity contribution in [1.29, 1.82) is 0 Å². The summed E-state index contributed by atoms with van der Waals surface area (Å²) in [4.78, 5) is 35.4. The van der Waals surface area contributed by atoms with Crippen LogP contribution in [0.25, 0.3) is 66.1 Å². The molecule has 2 aromatic carbocycles. The molecule has 0 saturated heterocycles. The Balaban J connectivity index is 0.000000192. The number of nitrogen functional groups attached to an aromatic ring is 1. The average Bonchev–Trinajstić information content (AvgIpc) is 3.20. The van der Waals surface area contributed by atoms with Crippen LogP contribution in [0.4, 0.5) is 5.00 Å². The maximum absolute atomic E-state index is 6.33. The van der Waals surface area contributed by atoms with Gasteiger partial charge >= 0.3 is 0 Å². The lowest BCUT2D eigenvalue weighted by molar-refractivity contribution is 0.393. The minimum atomic E-state index is 0. The van der Waals surface area contributed by atoms with Crippen molar-refractivity contribution in [1.82, 2.24) is 50.2 Å². The predicted molar refractivity (Wildman–Crippen MR) is 372 cm³/mol. The van der Waals surface area contributed by atoms with E-state index in [0.29, 0.717) is 28.5 Å². The number of fused-ring (bicyclic) bond motifs is 6. The fourth-order valence-electron chi connectivity index (χ4n) is 8.69. The van der Waals surface area contributed by atoms with E-state index < -0.39 is 0 Å². The number of thiazole rings is 2. The van der Waals surface area contributed by atoms with Gasteiger partial charge in [-0.2, -0.15) is 0 Å². The van der Waals surface area contributed by atoms with E-state index in [9.17, 15) is 0 Å². The molecule has 0 aliphatic carbocycles. The number of benzene rings is 2. The molecule has 0 amide bonds. The van der Waals surface area contributed by atoms with E-state index in [-0.39, 0.29) is 7.43 Å². The molecule has 81 heavy (non-hydrogen) atoms. The summed E-state index contributed by atoms with van der Waals surface area (Å²) in [5.41, 5.74) is 17.7. The highest BCUT2D eigenvalue weighted by molar-refractivity contribution is 8.75. The number of H-pyrrole nitrogens is 2. The lowest BCUT2D eigenvalue weighted by atomic mass is 10.00. The van der Waals surface area contributed by atoms with Gasteiger partial charge in [0, 0.05) is 170 Å². The van der Waals surface area contributed by atoms with Gasteiger partial charge in [0.15, 0.2) is 0 Å². The second-order valence-electron chi connectivity index (χ2n) is 17.8. The molecule has 8 aromatic heterocycles. The van der Waals surface area contributed by atoms with Crippen LogP contribution in [-0.4, -0.2) is 64.4 Å². The van der Waals surface area contributed by atoms with E-state index in [1.54, 1.807) is 117 Å². The van der Waals surface area contributed by atoms with E-state index >= 15 is 0 Å². The summed E-state index contributed by atoms with van der Waals surface area (Å²) in [5, 5.41) is 15.4. The van der Waals surface area contributed by atoms with E-state index in [1.165, 1.54) is 22.6 Å². The van der Waals surface area contributed by atoms with Gasteiger partial charge in [0.1, 0.15) is 56.1 Å². The zero-order valence-corrected chi connectivity index (χ0v) is 58.5. The first kappa shape index (κ1) is 66.6. The first-order valence-electron chi connectivity index (χ1n) is 23.8. The highest BCUT2D eigenvalue weighted by atomic mass is 35.5. The Bertz CT molecular complexity index is 4390. The summed E-state index contributed by atoms with van der Waals surface area (Å²) in [7, 11) is 21.4. The van der Waals surface area contributed by atoms with E-state index in [4.69, 9.17) is 73.2 Å². The number of halogens is 1. The number of anilines is 1. The molecule has 0 fully saturated rings. The van der Waals surface area contributed by atoms with Crippen LogP contribution in [0.1, 0.15) is 113 Å². The summed E-state index contributed by atoms with van der Waals surface area (Å²) in [6, 6.07) is 8.12. The van der Waals surface area contributed by atoms with Crippen LogP contribution >= 0.6 is 34.3 Å². The fourth-order valence-corrected chi connectivity index (χ4v) is 35.6. The maximum Gasteiger partial charge on any atom is 0.143 e. The number of ether oxygens (including phenoxy) is 2. The van der Waals surface area contributed by atoms with E-state index in [1.807, 2.05) is 60.6 Å². The standard InChI is InChI=1S/C25H27N5O2S.C17H15ClN4O2.C7H12N2S.CH4.S13/c1-11(2)24-21(33-15(6)28-24)10-19-23-16-9-20(31-7)17(22-12(3)30-32-13(22)4)8-18(16)29-25(23)27-14(5)26-19;1-7-14(8(2)24-22-7)11-5-12-10(6-13(11)23-4)15-16(18)19-9(3)20-17(15)21-12;1-4(2)6-7(8)10-5(3)9-6;;1-3-5-7-9-11-13-12-10-8-6-4-2/h8-9,11H,10H2,1-7H3,(H,26,27,29);5-6H,1-4H3,(H,19,20,21);4H,8H2,1-3H3;1H4;. The highest BCUT2D eigenvalue weighted by Crippen LogP contribution is 2.42. The van der Waals surface area contributed by atoms with Crippen LogP contribution in [0.5, 0.6) is 11.5 Å². The van der Waals surface area contributed by atoms with Gasteiger partial charge in [-0.3, -0.25) is 0 Å². The van der Waals surface area contributed by atoms with Crippen LogP contribution in [0.2, 0.25) is 5.15 Å². The number of aromatic amines is 2. The lowest BCUT2D eigenvalue weighted by Crippen LogP contribution is -2.00. The Labute approximate surface area is 524 Å². The predicted octanol–water partition coefficient (Wildman–Crippen LogP) is 13.3. The molecule has 0 saturated carbocycles. The zero-order chi connectivity index (χ0) is 57.9. The average molecular weight is 1390 g/mol. The molecule has 0 spiro atoms. The van der Waals surface area contributed by atoms with Crippen LogP contribution in [0, 0.1) is 55.4 Å². The van der Waals surface area contributed by atoms with Gasteiger partial charge in [0.05, 0.1) is 69.2 Å². The third kappa shape index (κ3) is 16.5. The Morgan fingerprint density at radius 1 is 0.593 bits per heavy atom. The minimum Gasteiger partial charge on any atom is -0.496 e. The molecule has 10 rings (SSSR count). The number of methoxy groups -OCH3 is 2. The molecule has 0 atom stereocenters. The maximum atomic E-state index is 6.33. The Morgan fingerprint density at radius 3 is 1.43 bits per heavy atom. The molecule has 31 heteroatoms. The molecule has 0 aliphatic heterocycles. The number of hydrogen-bond donors (Lipinski definition) is 3. The molecule has 10 aromatic rings. The van der Waals surface area contributed by atoms with Gasteiger partial charge in [-0.1, -0.05) is 57.0 Å². The second-order valence-corrected chi connectivity index (χ2v) is 40.2. The molecule has 0 unspecified atom stereocenters. The smallest absolute Gasteiger partial charge is 0.143 e. The molecule has 15 nitrogen and oxygen atoms in total. The van der Waals surface area contributed by atoms with Crippen molar-refractivity contribution in [3.63, 3.8) is 0 Å². The van der Waals surface area contributed by atoms with Gasteiger partial charge in [-0.05, 0) is 91.5 Å². The van der Waals surface area contributed by atoms with Crippen LogP contribution in [0.3, 0.4) is 0 Å². The van der Waals surface area contributed by atoms with Crippen molar-refractivity contribution in [2.45, 2.75) is 109 Å². The fraction of sp³-hybridized carbons (Fsp3) is 0.360. The number of aryl methyl sites for hydroxylation is 8. The third-order valence-corrected chi connectivity index (χ3v) is 36.0. The molecule has 0 aliphatic rings. The summed E-state index contributed by atoms with van der Waals surface area (Å²) < 4.78 is 22.1. The summed E-state index contributed by atoms with van der Waals surface area (Å²) in [5.74, 6) is 5.17. The largest absolute Gasteiger partial charge is 0.496 e. The number of aromatic nitrogens is 10. The van der Waals surface area contributed by atoms with Gasteiger partial charge in [0.25, 0.3) is 0 Å². The number of nitrogens with one attached hydrogen (secondary N) is 2. The molecular formula is C50H58ClN11O4S15.